The van der Waals surface area contributed by atoms with E-state index in [0.29, 0.717) is 38.6 Å². The van der Waals surface area contributed by atoms with Crippen molar-refractivity contribution in [1.82, 2.24) is 4.98 Å². The van der Waals surface area contributed by atoms with Gasteiger partial charge in [-0.1, -0.05) is 23.5 Å². The van der Waals surface area contributed by atoms with Gasteiger partial charge in [-0.3, -0.25) is 14.5 Å². The molecule has 0 bridgehead atoms. The molecule has 166 valence electrons. The Morgan fingerprint density at radius 2 is 1.97 bits per heavy atom. The molecular formula is C24H18FN3O4S. The number of Topliss-reactive ketones (excluding diaryl/α,β-unsaturated/α-hetero) is 1. The number of aryl methyl sites for hydroxylation is 2. The Balaban J connectivity index is 1.76. The van der Waals surface area contributed by atoms with Gasteiger partial charge in [0, 0.05) is 5.69 Å². The van der Waals surface area contributed by atoms with Gasteiger partial charge < -0.3 is 15.3 Å². The van der Waals surface area contributed by atoms with E-state index < -0.39 is 23.5 Å². The first-order valence-corrected chi connectivity index (χ1v) is 10.9. The number of thiazole rings is 1. The van der Waals surface area contributed by atoms with Gasteiger partial charge in [-0.15, -0.1) is 0 Å². The highest BCUT2D eigenvalue weighted by Gasteiger charge is 2.48. The third-order valence-electron chi connectivity index (χ3n) is 5.51. The van der Waals surface area contributed by atoms with Crippen molar-refractivity contribution in [2.24, 2.45) is 0 Å². The van der Waals surface area contributed by atoms with Crippen LogP contribution in [0.5, 0.6) is 0 Å². The second kappa shape index (κ2) is 7.56. The Morgan fingerprint density at radius 1 is 1.18 bits per heavy atom. The number of nitrogens with two attached hydrogens (primary N) is 1. The zero-order valence-electron chi connectivity index (χ0n) is 17.6. The lowest BCUT2D eigenvalue weighted by molar-refractivity contribution is -0.132. The molecule has 1 saturated heterocycles. The number of hydrogen-bond acceptors (Lipinski definition) is 7. The van der Waals surface area contributed by atoms with E-state index >= 15 is 0 Å². The van der Waals surface area contributed by atoms with Gasteiger partial charge in [-0.2, -0.15) is 0 Å². The predicted octanol–water partition coefficient (Wildman–Crippen LogP) is 4.85. The second-order valence-corrected chi connectivity index (χ2v) is 8.78. The Morgan fingerprint density at radius 3 is 2.67 bits per heavy atom. The van der Waals surface area contributed by atoms with Crippen molar-refractivity contribution in [2.75, 3.05) is 10.6 Å². The van der Waals surface area contributed by atoms with Gasteiger partial charge in [0.25, 0.3) is 5.78 Å². The van der Waals surface area contributed by atoms with Gasteiger partial charge in [-0.05, 0) is 55.8 Å². The number of rotatable bonds is 3. The standard InChI is InChI=1S/C24H18FN3O4S/c1-11-8-16(12(2)32-11)21(29)19-20(13-4-3-5-15(26)9-13)28(23(31)22(19)30)24-27-17-7-6-14(25)10-18(17)33-24/h3-10,20,29H,26H2,1-2H3/b21-19+. The maximum absolute atomic E-state index is 13.7. The Kier molecular flexibility index (Phi) is 4.79. The van der Waals surface area contributed by atoms with Crippen LogP contribution >= 0.6 is 11.3 Å². The van der Waals surface area contributed by atoms with Gasteiger partial charge >= 0.3 is 5.91 Å². The smallest absolute Gasteiger partial charge is 0.301 e. The highest BCUT2D eigenvalue weighted by molar-refractivity contribution is 7.22. The van der Waals surface area contributed by atoms with Gasteiger partial charge in [0.1, 0.15) is 23.1 Å². The van der Waals surface area contributed by atoms with Crippen LogP contribution in [-0.4, -0.2) is 21.8 Å². The summed E-state index contributed by atoms with van der Waals surface area (Å²) in [5.41, 5.74) is 7.66. The van der Waals surface area contributed by atoms with Gasteiger partial charge in [0.15, 0.2) is 5.13 Å². The lowest BCUT2D eigenvalue weighted by Gasteiger charge is -2.23. The molecule has 2 aromatic heterocycles. The summed E-state index contributed by atoms with van der Waals surface area (Å²) < 4.78 is 19.8. The molecule has 1 amide bonds. The first-order chi connectivity index (χ1) is 15.7. The Labute approximate surface area is 191 Å². The lowest BCUT2D eigenvalue weighted by atomic mass is 9.95. The fourth-order valence-corrected chi connectivity index (χ4v) is 5.09. The third kappa shape index (κ3) is 3.37. The number of carbonyl (C=O) groups excluding carboxylic acids is 2. The summed E-state index contributed by atoms with van der Waals surface area (Å²) in [4.78, 5) is 32.1. The zero-order chi connectivity index (χ0) is 23.4. The van der Waals surface area contributed by atoms with E-state index in [2.05, 4.69) is 4.98 Å². The van der Waals surface area contributed by atoms with Gasteiger partial charge in [0.05, 0.1) is 27.4 Å². The number of nitrogen functional groups attached to an aromatic ring is 1. The highest BCUT2D eigenvalue weighted by Crippen LogP contribution is 2.45. The summed E-state index contributed by atoms with van der Waals surface area (Å²) in [7, 11) is 0. The van der Waals surface area contributed by atoms with Crippen molar-refractivity contribution in [3.63, 3.8) is 0 Å². The summed E-state index contributed by atoms with van der Waals surface area (Å²) in [5, 5.41) is 11.4. The lowest BCUT2D eigenvalue weighted by Crippen LogP contribution is -2.29. The highest BCUT2D eigenvalue weighted by atomic mass is 32.1. The maximum Gasteiger partial charge on any atom is 0.301 e. The molecule has 5 rings (SSSR count). The Bertz CT molecular complexity index is 1490. The number of ketones is 1. The number of aliphatic hydroxyl groups excluding tert-OH is 1. The maximum atomic E-state index is 13.7. The molecule has 1 aliphatic rings. The van der Waals surface area contributed by atoms with E-state index in [-0.39, 0.29) is 16.5 Å². The Hall–Kier alpha value is -3.98. The summed E-state index contributed by atoms with van der Waals surface area (Å²) in [5.74, 6) is -1.51. The minimum atomic E-state index is -0.978. The number of amides is 1. The molecule has 33 heavy (non-hydrogen) atoms. The number of furan rings is 1. The predicted molar refractivity (Wildman–Crippen MR) is 123 cm³/mol. The number of nitrogens with zero attached hydrogens (tertiary/aromatic N) is 2. The molecule has 0 spiro atoms. The van der Waals surface area contributed by atoms with Crippen LogP contribution in [-0.2, 0) is 9.59 Å². The van der Waals surface area contributed by atoms with Crippen molar-refractivity contribution in [3.8, 4) is 0 Å². The first-order valence-electron chi connectivity index (χ1n) is 10.0. The van der Waals surface area contributed by atoms with E-state index in [1.165, 1.54) is 23.1 Å². The summed E-state index contributed by atoms with van der Waals surface area (Å²) in [6.45, 7) is 3.38. The fourth-order valence-electron chi connectivity index (χ4n) is 4.07. The topological polar surface area (TPSA) is 110 Å². The summed E-state index contributed by atoms with van der Waals surface area (Å²) in [6.07, 6.45) is 0. The van der Waals surface area contributed by atoms with Crippen LogP contribution in [0.4, 0.5) is 15.2 Å². The number of anilines is 2. The molecule has 0 saturated carbocycles. The molecule has 9 heteroatoms. The molecule has 3 heterocycles. The molecule has 4 aromatic rings. The number of aromatic nitrogens is 1. The number of benzene rings is 2. The van der Waals surface area contributed by atoms with Crippen molar-refractivity contribution >= 4 is 49.8 Å². The number of hydrogen-bond donors (Lipinski definition) is 2. The summed E-state index contributed by atoms with van der Waals surface area (Å²) in [6, 6.07) is 11.5. The molecule has 0 aliphatic carbocycles. The average Bonchev–Trinajstić information content (AvgIpc) is 3.41. The molecule has 3 N–H and O–H groups in total. The molecule has 0 radical (unpaired) electrons. The third-order valence-corrected chi connectivity index (χ3v) is 6.53. The quantitative estimate of drug-likeness (QED) is 0.194. The van der Waals surface area contributed by atoms with Crippen molar-refractivity contribution in [2.45, 2.75) is 19.9 Å². The van der Waals surface area contributed by atoms with Crippen LogP contribution in [0.15, 0.2) is 58.5 Å². The van der Waals surface area contributed by atoms with E-state index in [4.69, 9.17) is 10.2 Å². The largest absolute Gasteiger partial charge is 0.507 e. The number of halogens is 1. The van der Waals surface area contributed by atoms with Crippen molar-refractivity contribution < 1.29 is 23.5 Å². The first kappa shape index (κ1) is 20.9. The molecule has 1 unspecified atom stereocenters. The van der Waals surface area contributed by atoms with Crippen LogP contribution in [0.25, 0.3) is 16.0 Å². The van der Waals surface area contributed by atoms with Gasteiger partial charge in [0.2, 0.25) is 0 Å². The average molecular weight is 463 g/mol. The molecule has 1 fully saturated rings. The van der Waals surface area contributed by atoms with Crippen LogP contribution < -0.4 is 10.6 Å². The minimum Gasteiger partial charge on any atom is -0.507 e. The van der Waals surface area contributed by atoms with Crippen molar-refractivity contribution in [1.29, 1.82) is 0 Å². The van der Waals surface area contributed by atoms with Crippen LogP contribution in [0.2, 0.25) is 0 Å². The van der Waals surface area contributed by atoms with E-state index in [1.807, 2.05) is 0 Å². The second-order valence-electron chi connectivity index (χ2n) is 7.77. The van der Waals surface area contributed by atoms with E-state index in [9.17, 15) is 19.1 Å². The molecule has 1 aliphatic heterocycles. The van der Waals surface area contributed by atoms with Gasteiger partial charge in [-0.25, -0.2) is 9.37 Å². The molecule has 1 atom stereocenters. The fraction of sp³-hybridized carbons (Fsp3) is 0.125. The van der Waals surface area contributed by atoms with E-state index in [1.54, 1.807) is 44.2 Å². The number of aliphatic hydroxyl groups is 1. The summed E-state index contributed by atoms with van der Waals surface area (Å²) >= 11 is 1.08. The number of carbonyl (C=O) groups is 2. The van der Waals surface area contributed by atoms with Crippen LogP contribution in [0.1, 0.15) is 28.7 Å². The number of fused-ring (bicyclic) bond motifs is 1. The normalized spacial score (nSPS) is 17.9. The molecule has 2 aromatic carbocycles. The van der Waals surface area contributed by atoms with Crippen LogP contribution in [0.3, 0.4) is 0 Å². The van der Waals surface area contributed by atoms with E-state index in [0.717, 1.165) is 11.3 Å². The van der Waals surface area contributed by atoms with Crippen molar-refractivity contribution in [3.05, 3.63) is 82.6 Å². The monoisotopic (exact) mass is 463 g/mol. The SMILES string of the molecule is Cc1cc(/C(O)=C2\C(=O)C(=O)N(c3nc4ccc(F)cc4s3)C2c2cccc(N)c2)c(C)o1. The molecular weight excluding hydrogens is 445 g/mol. The minimum absolute atomic E-state index is 0.0973. The van der Waals surface area contributed by atoms with Crippen LogP contribution in [0, 0.1) is 19.7 Å². The zero-order valence-corrected chi connectivity index (χ0v) is 18.4. The molecule has 7 nitrogen and oxygen atoms in total.